The Bertz CT molecular complexity index is 559. The fourth-order valence-corrected chi connectivity index (χ4v) is 1.64. The lowest BCUT2D eigenvalue weighted by Crippen LogP contribution is -2.19. The van der Waals surface area contributed by atoms with Crippen LogP contribution in [0.5, 0.6) is 5.75 Å². The van der Waals surface area contributed by atoms with Gasteiger partial charge in [-0.1, -0.05) is 12.1 Å². The van der Waals surface area contributed by atoms with Gasteiger partial charge in [-0.15, -0.1) is 0 Å². The molecule has 1 aromatic heterocycles. The summed E-state index contributed by atoms with van der Waals surface area (Å²) in [6, 6.07) is 7.13. The van der Waals surface area contributed by atoms with E-state index in [1.807, 2.05) is 25.1 Å². The number of hydrogen-bond acceptors (Lipinski definition) is 4. The van der Waals surface area contributed by atoms with Crippen molar-refractivity contribution in [3.63, 3.8) is 0 Å². The Morgan fingerprint density at radius 3 is 2.78 bits per heavy atom. The molecule has 0 unspecified atom stereocenters. The van der Waals surface area contributed by atoms with Crippen molar-refractivity contribution < 1.29 is 19.1 Å². The molecule has 0 saturated heterocycles. The number of likely N-dealkylation sites (N-methyl/N-ethyl adjacent to an activating group) is 1. The Kier molecular flexibility index (Phi) is 3.53. The van der Waals surface area contributed by atoms with Crippen molar-refractivity contribution >= 4 is 16.9 Å². The molecule has 18 heavy (non-hydrogen) atoms. The fourth-order valence-electron chi connectivity index (χ4n) is 1.64. The summed E-state index contributed by atoms with van der Waals surface area (Å²) in [4.78, 5) is 13.1. The number of hydrogen-bond donors (Lipinski definition) is 1. The fraction of sp³-hybridized carbons (Fsp3) is 0.308. The van der Waals surface area contributed by atoms with E-state index in [-0.39, 0.29) is 5.76 Å². The van der Waals surface area contributed by atoms with Gasteiger partial charge in [0.2, 0.25) is 0 Å². The number of rotatable bonds is 5. The third-order valence-electron chi connectivity index (χ3n) is 2.53. The van der Waals surface area contributed by atoms with Crippen molar-refractivity contribution in [2.75, 3.05) is 27.2 Å². The summed E-state index contributed by atoms with van der Waals surface area (Å²) in [5, 5.41) is 9.78. The van der Waals surface area contributed by atoms with Gasteiger partial charge in [-0.2, -0.15) is 0 Å². The van der Waals surface area contributed by atoms with Crippen molar-refractivity contribution in [1.29, 1.82) is 0 Å². The maximum atomic E-state index is 11.1. The quantitative estimate of drug-likeness (QED) is 0.878. The van der Waals surface area contributed by atoms with Crippen LogP contribution in [0.4, 0.5) is 0 Å². The molecule has 2 aromatic rings. The van der Waals surface area contributed by atoms with Crippen LogP contribution in [0, 0.1) is 0 Å². The summed E-state index contributed by atoms with van der Waals surface area (Å²) in [6.07, 6.45) is 0. The van der Waals surface area contributed by atoms with E-state index in [0.29, 0.717) is 29.9 Å². The number of carboxylic acids is 1. The highest BCUT2D eigenvalue weighted by molar-refractivity contribution is 5.97. The van der Waals surface area contributed by atoms with Crippen LogP contribution in [0.15, 0.2) is 28.7 Å². The maximum absolute atomic E-state index is 11.1. The molecule has 96 valence electrons. The van der Waals surface area contributed by atoms with Crippen molar-refractivity contribution in [3.8, 4) is 5.75 Å². The van der Waals surface area contributed by atoms with Gasteiger partial charge in [-0.3, -0.25) is 0 Å². The van der Waals surface area contributed by atoms with Crippen molar-refractivity contribution in [1.82, 2.24) is 4.90 Å². The van der Waals surface area contributed by atoms with E-state index in [2.05, 4.69) is 0 Å². The third-order valence-corrected chi connectivity index (χ3v) is 2.53. The lowest BCUT2D eigenvalue weighted by molar-refractivity contribution is 0.0658. The molecule has 0 aliphatic heterocycles. The van der Waals surface area contributed by atoms with E-state index in [4.69, 9.17) is 14.3 Å². The van der Waals surface area contributed by atoms with Gasteiger partial charge in [0.05, 0.1) is 5.39 Å². The van der Waals surface area contributed by atoms with Gasteiger partial charge in [-0.25, -0.2) is 4.79 Å². The minimum atomic E-state index is -1.12. The van der Waals surface area contributed by atoms with Crippen LogP contribution >= 0.6 is 0 Å². The minimum Gasteiger partial charge on any atom is -0.487 e. The number of furan rings is 1. The Hall–Kier alpha value is -2.01. The molecule has 0 fully saturated rings. The van der Waals surface area contributed by atoms with E-state index in [9.17, 15) is 4.79 Å². The van der Waals surface area contributed by atoms with Crippen LogP contribution in [0.1, 0.15) is 10.6 Å². The number of fused-ring (bicyclic) bond motifs is 1. The molecule has 0 bridgehead atoms. The third kappa shape index (κ3) is 2.46. The smallest absolute Gasteiger partial charge is 0.375 e. The number of carbonyl (C=O) groups is 1. The highest BCUT2D eigenvalue weighted by Crippen LogP contribution is 2.32. The molecule has 0 amide bonds. The molecular weight excluding hydrogens is 234 g/mol. The summed E-state index contributed by atoms with van der Waals surface area (Å²) < 4.78 is 10.8. The molecule has 0 saturated carbocycles. The molecule has 0 aliphatic carbocycles. The van der Waals surface area contributed by atoms with E-state index >= 15 is 0 Å². The molecule has 0 aliphatic rings. The van der Waals surface area contributed by atoms with Crippen molar-refractivity contribution in [2.45, 2.75) is 0 Å². The Morgan fingerprint density at radius 1 is 1.39 bits per heavy atom. The van der Waals surface area contributed by atoms with Gasteiger partial charge in [0.25, 0.3) is 5.76 Å². The number of benzene rings is 1. The van der Waals surface area contributed by atoms with Gasteiger partial charge >= 0.3 is 5.97 Å². The molecule has 1 heterocycles. The minimum absolute atomic E-state index is 0.144. The van der Waals surface area contributed by atoms with E-state index in [1.54, 1.807) is 18.2 Å². The second kappa shape index (κ2) is 5.10. The van der Waals surface area contributed by atoms with Crippen molar-refractivity contribution in [2.24, 2.45) is 0 Å². The monoisotopic (exact) mass is 249 g/mol. The summed E-state index contributed by atoms with van der Waals surface area (Å²) in [5.41, 5.74) is 0.523. The van der Waals surface area contributed by atoms with Gasteiger partial charge in [0, 0.05) is 6.54 Å². The predicted octanol–water partition coefficient (Wildman–Crippen LogP) is 2.07. The number of para-hydroxylation sites is 1. The zero-order valence-corrected chi connectivity index (χ0v) is 10.3. The normalized spacial score (nSPS) is 11.1. The molecular formula is C13H15NO4. The number of nitrogens with zero attached hydrogens (tertiary/aromatic N) is 1. The lowest BCUT2D eigenvalue weighted by atomic mass is 10.2. The first-order valence-corrected chi connectivity index (χ1v) is 5.62. The molecule has 1 N–H and O–H groups in total. The maximum Gasteiger partial charge on any atom is 0.375 e. The SMILES string of the molecule is CN(C)CCOc1c(C(=O)O)oc2ccccc12. The van der Waals surface area contributed by atoms with Gasteiger partial charge in [0.15, 0.2) is 5.75 Å². The summed E-state index contributed by atoms with van der Waals surface area (Å²) >= 11 is 0. The van der Waals surface area contributed by atoms with Gasteiger partial charge in [-0.05, 0) is 26.2 Å². The summed E-state index contributed by atoms with van der Waals surface area (Å²) in [6.45, 7) is 1.12. The average molecular weight is 249 g/mol. The molecule has 0 spiro atoms. The molecule has 2 rings (SSSR count). The second-order valence-electron chi connectivity index (χ2n) is 4.21. The summed E-state index contributed by atoms with van der Waals surface area (Å²) in [5.74, 6) is -0.957. The average Bonchev–Trinajstić information content (AvgIpc) is 2.68. The zero-order valence-electron chi connectivity index (χ0n) is 10.3. The highest BCUT2D eigenvalue weighted by atomic mass is 16.5. The Balaban J connectivity index is 2.33. The van der Waals surface area contributed by atoms with Crippen LogP contribution in [-0.2, 0) is 0 Å². The topological polar surface area (TPSA) is 62.9 Å². The van der Waals surface area contributed by atoms with E-state index < -0.39 is 5.97 Å². The predicted molar refractivity (Wildman–Crippen MR) is 67.2 cm³/mol. The van der Waals surface area contributed by atoms with Crippen LogP contribution in [0.3, 0.4) is 0 Å². The van der Waals surface area contributed by atoms with E-state index in [0.717, 1.165) is 0 Å². The lowest BCUT2D eigenvalue weighted by Gasteiger charge is -2.10. The molecule has 5 nitrogen and oxygen atoms in total. The van der Waals surface area contributed by atoms with Gasteiger partial charge < -0.3 is 19.2 Å². The Morgan fingerprint density at radius 2 is 2.11 bits per heavy atom. The van der Waals surface area contributed by atoms with Crippen LogP contribution in [0.2, 0.25) is 0 Å². The zero-order chi connectivity index (χ0) is 13.1. The van der Waals surface area contributed by atoms with Crippen LogP contribution in [0.25, 0.3) is 11.0 Å². The number of carboxylic acid groups (broad SMARTS) is 1. The first kappa shape index (κ1) is 12.4. The standard InChI is InChI=1S/C13H15NO4/c1-14(2)7-8-17-11-9-5-3-4-6-10(9)18-12(11)13(15)16/h3-6H,7-8H2,1-2H3,(H,15,16). The molecule has 0 radical (unpaired) electrons. The molecule has 1 aromatic carbocycles. The molecule has 5 heteroatoms. The van der Waals surface area contributed by atoms with E-state index in [1.165, 1.54) is 0 Å². The largest absolute Gasteiger partial charge is 0.487 e. The van der Waals surface area contributed by atoms with Crippen LogP contribution in [-0.4, -0.2) is 43.2 Å². The second-order valence-corrected chi connectivity index (χ2v) is 4.21. The van der Waals surface area contributed by atoms with Crippen LogP contribution < -0.4 is 4.74 Å². The first-order chi connectivity index (χ1) is 8.59. The molecule has 0 atom stereocenters. The van der Waals surface area contributed by atoms with Gasteiger partial charge in [0.1, 0.15) is 12.2 Å². The first-order valence-electron chi connectivity index (χ1n) is 5.62. The van der Waals surface area contributed by atoms with Crippen molar-refractivity contribution in [3.05, 3.63) is 30.0 Å². The number of aromatic carboxylic acids is 1. The summed E-state index contributed by atoms with van der Waals surface area (Å²) in [7, 11) is 3.85. The number of ether oxygens (including phenoxy) is 1. The highest BCUT2D eigenvalue weighted by Gasteiger charge is 2.21. The Labute approximate surface area is 105 Å².